The molecule has 0 fully saturated rings. The Hall–Kier alpha value is -1.86. The number of benzene rings is 1. The van der Waals surface area contributed by atoms with Crippen LogP contribution in [0.2, 0.25) is 0 Å². The second-order valence-electron chi connectivity index (χ2n) is 4.59. The lowest BCUT2D eigenvalue weighted by molar-refractivity contribution is -0.384. The molecule has 0 spiro atoms. The van der Waals surface area contributed by atoms with Gasteiger partial charge in [-0.15, -0.1) is 12.4 Å². The van der Waals surface area contributed by atoms with Crippen molar-refractivity contribution in [1.29, 1.82) is 0 Å². The number of nitro benzene ring substituents is 1. The molecule has 1 amide bonds. The van der Waals surface area contributed by atoms with Crippen LogP contribution >= 0.6 is 12.4 Å². The van der Waals surface area contributed by atoms with E-state index in [2.05, 4.69) is 24.1 Å². The molecule has 124 valence electrons. The number of carbonyl (C=O) groups is 1. The van der Waals surface area contributed by atoms with Crippen LogP contribution in [-0.2, 0) is 0 Å². The van der Waals surface area contributed by atoms with E-state index < -0.39 is 10.8 Å². The fourth-order valence-corrected chi connectivity index (χ4v) is 1.97. The second-order valence-corrected chi connectivity index (χ2v) is 4.59. The molecule has 0 heterocycles. The van der Waals surface area contributed by atoms with Gasteiger partial charge in [0.15, 0.2) is 0 Å². The zero-order chi connectivity index (χ0) is 15.8. The third kappa shape index (κ3) is 5.87. The molecule has 0 saturated heterocycles. The van der Waals surface area contributed by atoms with Gasteiger partial charge in [0.25, 0.3) is 11.6 Å². The van der Waals surface area contributed by atoms with Crippen LogP contribution in [0.3, 0.4) is 0 Å². The van der Waals surface area contributed by atoms with E-state index in [4.69, 9.17) is 0 Å². The van der Waals surface area contributed by atoms with Gasteiger partial charge in [0.1, 0.15) is 5.75 Å². The van der Waals surface area contributed by atoms with Gasteiger partial charge in [0.2, 0.25) is 0 Å². The lowest BCUT2D eigenvalue weighted by Crippen LogP contribution is -2.29. The van der Waals surface area contributed by atoms with Crippen molar-refractivity contribution in [2.45, 2.75) is 20.3 Å². The summed E-state index contributed by atoms with van der Waals surface area (Å²) in [6.45, 7) is 7.47. The minimum atomic E-state index is -0.620. The molecule has 2 N–H and O–H groups in total. The maximum absolute atomic E-state index is 11.9. The third-order valence-electron chi connectivity index (χ3n) is 3.27. The van der Waals surface area contributed by atoms with Gasteiger partial charge in [-0.05, 0) is 32.1 Å². The number of non-ortho nitro benzene ring substituents is 1. The molecule has 0 aliphatic carbocycles. The molecule has 1 aromatic carbocycles. The standard InChI is InChI=1S/C14H21N3O4.ClH/c1-3-16(4-2)9-5-8-15-14(19)12-7-6-11(17(20)21)10-13(12)18;/h6-7,10,18H,3-5,8-9H2,1-2H3,(H,15,19);1H. The van der Waals surface area contributed by atoms with Crippen LogP contribution < -0.4 is 5.32 Å². The minimum absolute atomic E-state index is 0. The summed E-state index contributed by atoms with van der Waals surface area (Å²) in [5.41, 5.74) is -0.200. The van der Waals surface area contributed by atoms with E-state index in [1.54, 1.807) is 0 Å². The molecule has 0 bridgehead atoms. The van der Waals surface area contributed by atoms with Gasteiger partial charge in [-0.3, -0.25) is 14.9 Å². The van der Waals surface area contributed by atoms with Crippen LogP contribution in [0, 0.1) is 10.1 Å². The van der Waals surface area contributed by atoms with Gasteiger partial charge in [0.05, 0.1) is 16.6 Å². The van der Waals surface area contributed by atoms with E-state index in [-0.39, 0.29) is 29.4 Å². The Labute approximate surface area is 135 Å². The van der Waals surface area contributed by atoms with Gasteiger partial charge in [-0.25, -0.2) is 0 Å². The number of phenols is 1. The first kappa shape index (κ1) is 20.1. The smallest absolute Gasteiger partial charge is 0.273 e. The summed E-state index contributed by atoms with van der Waals surface area (Å²) >= 11 is 0. The maximum Gasteiger partial charge on any atom is 0.273 e. The van der Waals surface area contributed by atoms with Crippen LogP contribution in [0.1, 0.15) is 30.6 Å². The van der Waals surface area contributed by atoms with E-state index in [9.17, 15) is 20.0 Å². The monoisotopic (exact) mass is 331 g/mol. The Morgan fingerprint density at radius 3 is 2.50 bits per heavy atom. The van der Waals surface area contributed by atoms with Crippen molar-refractivity contribution < 1.29 is 14.8 Å². The Kier molecular flexibility index (Phi) is 9.12. The van der Waals surface area contributed by atoms with Crippen molar-refractivity contribution in [1.82, 2.24) is 10.2 Å². The Morgan fingerprint density at radius 2 is 2.00 bits per heavy atom. The van der Waals surface area contributed by atoms with E-state index in [1.165, 1.54) is 12.1 Å². The predicted molar refractivity (Wildman–Crippen MR) is 86.7 cm³/mol. The highest BCUT2D eigenvalue weighted by atomic mass is 35.5. The van der Waals surface area contributed by atoms with Crippen molar-refractivity contribution in [3.05, 3.63) is 33.9 Å². The van der Waals surface area contributed by atoms with Gasteiger partial charge in [-0.1, -0.05) is 13.8 Å². The van der Waals surface area contributed by atoms with E-state index in [0.717, 1.165) is 32.1 Å². The van der Waals surface area contributed by atoms with E-state index in [1.807, 2.05) is 0 Å². The Morgan fingerprint density at radius 1 is 1.36 bits per heavy atom. The van der Waals surface area contributed by atoms with Crippen LogP contribution in [0.15, 0.2) is 18.2 Å². The summed E-state index contributed by atoms with van der Waals surface area (Å²) in [5.74, 6) is -0.813. The van der Waals surface area contributed by atoms with Crippen LogP contribution in [0.5, 0.6) is 5.75 Å². The maximum atomic E-state index is 11.9. The minimum Gasteiger partial charge on any atom is -0.507 e. The summed E-state index contributed by atoms with van der Waals surface area (Å²) in [4.78, 5) is 24.1. The molecule has 7 nitrogen and oxygen atoms in total. The highest BCUT2D eigenvalue weighted by Gasteiger charge is 2.15. The molecule has 0 saturated carbocycles. The first-order valence-electron chi connectivity index (χ1n) is 6.97. The number of rotatable bonds is 8. The molecule has 8 heteroatoms. The lowest BCUT2D eigenvalue weighted by atomic mass is 10.1. The van der Waals surface area contributed by atoms with Crippen molar-refractivity contribution in [3.63, 3.8) is 0 Å². The van der Waals surface area contributed by atoms with E-state index in [0.29, 0.717) is 6.54 Å². The molecule has 0 atom stereocenters. The molecule has 0 aliphatic heterocycles. The number of hydrogen-bond acceptors (Lipinski definition) is 5. The number of phenolic OH excluding ortho intramolecular Hbond substituents is 1. The molecular weight excluding hydrogens is 310 g/mol. The number of nitro groups is 1. The topological polar surface area (TPSA) is 95.7 Å². The number of nitrogens with one attached hydrogen (secondary N) is 1. The summed E-state index contributed by atoms with van der Waals surface area (Å²) < 4.78 is 0. The lowest BCUT2D eigenvalue weighted by Gasteiger charge is -2.17. The van der Waals surface area contributed by atoms with Crippen molar-refractivity contribution in [2.24, 2.45) is 0 Å². The van der Waals surface area contributed by atoms with Crippen LogP contribution in [0.4, 0.5) is 5.69 Å². The number of aromatic hydroxyl groups is 1. The molecule has 22 heavy (non-hydrogen) atoms. The van der Waals surface area contributed by atoms with Crippen LogP contribution in [0.25, 0.3) is 0 Å². The van der Waals surface area contributed by atoms with Crippen molar-refractivity contribution in [3.8, 4) is 5.75 Å². The number of nitrogens with zero attached hydrogens (tertiary/aromatic N) is 2. The van der Waals surface area contributed by atoms with Gasteiger partial charge in [-0.2, -0.15) is 0 Å². The predicted octanol–water partition coefficient (Wildman–Crippen LogP) is 2.18. The van der Waals surface area contributed by atoms with Crippen molar-refractivity contribution in [2.75, 3.05) is 26.2 Å². The highest BCUT2D eigenvalue weighted by molar-refractivity contribution is 5.97. The fraction of sp³-hybridized carbons (Fsp3) is 0.500. The summed E-state index contributed by atoms with van der Waals surface area (Å²) in [5, 5.41) is 22.9. The molecule has 0 radical (unpaired) electrons. The van der Waals surface area contributed by atoms with Gasteiger partial charge in [0, 0.05) is 12.6 Å². The molecule has 1 rings (SSSR count). The molecule has 0 aliphatic rings. The first-order chi connectivity index (χ1) is 9.99. The number of halogens is 1. The third-order valence-corrected chi connectivity index (χ3v) is 3.27. The highest BCUT2D eigenvalue weighted by Crippen LogP contribution is 2.23. The summed E-state index contributed by atoms with van der Waals surface area (Å²) in [7, 11) is 0. The molecule has 0 unspecified atom stereocenters. The molecule has 0 aromatic heterocycles. The number of amides is 1. The largest absolute Gasteiger partial charge is 0.507 e. The average Bonchev–Trinajstić information content (AvgIpc) is 2.47. The number of carbonyl (C=O) groups excluding carboxylic acids is 1. The average molecular weight is 332 g/mol. The quantitative estimate of drug-likeness (QED) is 0.432. The van der Waals surface area contributed by atoms with Crippen LogP contribution in [-0.4, -0.2) is 47.0 Å². The zero-order valence-electron chi connectivity index (χ0n) is 12.7. The Balaban J connectivity index is 0.00000441. The normalized spacial score (nSPS) is 10.1. The second kappa shape index (κ2) is 9.97. The molecule has 1 aromatic rings. The van der Waals surface area contributed by atoms with E-state index >= 15 is 0 Å². The number of hydrogen-bond donors (Lipinski definition) is 2. The van der Waals surface area contributed by atoms with Gasteiger partial charge >= 0.3 is 0 Å². The van der Waals surface area contributed by atoms with Gasteiger partial charge < -0.3 is 15.3 Å². The zero-order valence-corrected chi connectivity index (χ0v) is 13.6. The summed E-state index contributed by atoms with van der Waals surface area (Å²) in [6.07, 6.45) is 0.807. The Bertz CT molecular complexity index is 507. The fourth-order valence-electron chi connectivity index (χ4n) is 1.97. The molecular formula is C14H22ClN3O4. The first-order valence-corrected chi connectivity index (χ1v) is 6.97. The summed E-state index contributed by atoms with van der Waals surface area (Å²) in [6, 6.07) is 3.43. The SMILES string of the molecule is CCN(CC)CCCNC(=O)c1ccc([N+](=O)[O-])cc1O.Cl. The van der Waals surface area contributed by atoms with Crippen molar-refractivity contribution >= 4 is 24.0 Å².